The number of thioether (sulfide) groups is 2. The first kappa shape index (κ1) is 91.8. The first-order chi connectivity index (χ1) is 49.1. The van der Waals surface area contributed by atoms with E-state index < -0.39 is 263 Å². The van der Waals surface area contributed by atoms with Gasteiger partial charge in [-0.05, 0) is 70.0 Å². The number of hydrogen-bond donors (Lipinski definition) is 11. The zero-order chi connectivity index (χ0) is 78.2. The third-order valence-corrected chi connectivity index (χ3v) is 18.8. The van der Waals surface area contributed by atoms with E-state index in [-0.39, 0.29) is 88.1 Å². The predicted octanol–water partition coefficient (Wildman–Crippen LogP) is 0.256. The van der Waals surface area contributed by atoms with Crippen LogP contribution in [0.2, 0.25) is 0 Å². The van der Waals surface area contributed by atoms with Crippen LogP contribution in [0.1, 0.15) is 162 Å². The van der Waals surface area contributed by atoms with Crippen molar-refractivity contribution in [1.82, 2.24) is 41.7 Å². The largest absolute Gasteiger partial charge is 0.481 e. The minimum atomic E-state index is -1.82. The standard InChI is InChI=1S/C67H102N8O27S2/c1-38(2)31-45(49(77)16-17-54(81)70-46(37-103-6)50(78)32-39(3)63(95)68-4)73-66(98)47-9-7-24-74(47)57(84)36-102-26-8-10-48(76)42(13-20-60(89)90)71-64(96)41(12-19-59(87)88)34-52(80)44(15-22-62(93)94)72-65(97)40(11-18-58(85)86)33-51(79)43(14-21-61(91)92)69-55(82)23-25-75-56(83)35-53(67(75)99)104-30-29-101-28-27-100-5/h38-47,53H,7-37H2,1-6H3,(H,68,95)(H,69,82)(H,70,81)(H,71,96)(H,72,97)(H,73,98)(H,85,86)(H,87,88)(H,89,90)(H,91,92)(H,93,94)/t39-,40+,41+,42-,43-,44-,45+,46+,47+,53?/m1/s1. The molecule has 2 rings (SSSR count). The molecule has 0 aromatic rings. The van der Waals surface area contributed by atoms with Crippen LogP contribution in [0, 0.1) is 23.7 Å². The normalized spacial score (nSPS) is 16.5. The molecule has 2 saturated heterocycles. The maximum absolute atomic E-state index is 14.2. The molecule has 10 atom stereocenters. The van der Waals surface area contributed by atoms with E-state index in [4.69, 9.17) is 14.2 Å². The van der Waals surface area contributed by atoms with Crippen molar-refractivity contribution < 1.29 is 131 Å². The molecule has 2 heterocycles. The first-order valence-corrected chi connectivity index (χ1v) is 36.9. The van der Waals surface area contributed by atoms with Crippen LogP contribution < -0.4 is 31.9 Å². The molecule has 2 aliphatic rings. The number of ketones is 5. The fourth-order valence-electron chi connectivity index (χ4n) is 11.3. The van der Waals surface area contributed by atoms with Crippen LogP contribution >= 0.6 is 23.5 Å². The number of carbonyl (C=O) groups excluding carboxylic acids is 14. The fourth-order valence-corrected chi connectivity index (χ4v) is 12.9. The van der Waals surface area contributed by atoms with E-state index in [9.17, 15) is 117 Å². The van der Waals surface area contributed by atoms with E-state index in [1.54, 1.807) is 13.2 Å². The molecule has 0 bridgehead atoms. The Hall–Kier alpha value is -8.29. The van der Waals surface area contributed by atoms with Crippen LogP contribution in [0.3, 0.4) is 0 Å². The van der Waals surface area contributed by atoms with E-state index in [2.05, 4.69) is 31.9 Å². The number of ether oxygens (including phenoxy) is 3. The van der Waals surface area contributed by atoms with Crippen molar-refractivity contribution >= 4 is 135 Å². The molecule has 11 N–H and O–H groups in total. The summed E-state index contributed by atoms with van der Waals surface area (Å²) in [6.07, 6.45) is -7.84. The summed E-state index contributed by atoms with van der Waals surface area (Å²) in [6.45, 7) is 5.07. The summed E-state index contributed by atoms with van der Waals surface area (Å²) in [6, 6.07) is -7.98. The number of Topliss-reactive ketones (excluding diaryl/α,β-unsaturated/α-hetero) is 5. The topological polar surface area (TPSA) is 532 Å². The van der Waals surface area contributed by atoms with Gasteiger partial charge in [0.05, 0.1) is 55.3 Å². The summed E-state index contributed by atoms with van der Waals surface area (Å²) in [4.78, 5) is 249. The van der Waals surface area contributed by atoms with Gasteiger partial charge in [0.15, 0.2) is 28.9 Å². The first-order valence-electron chi connectivity index (χ1n) is 34.4. The third-order valence-electron chi connectivity index (χ3n) is 17.0. The molecule has 104 heavy (non-hydrogen) atoms. The van der Waals surface area contributed by atoms with Gasteiger partial charge in [0.25, 0.3) is 0 Å². The minimum absolute atomic E-state index is 0.0948. The summed E-state index contributed by atoms with van der Waals surface area (Å²) in [5, 5.41) is 62.1. The van der Waals surface area contributed by atoms with Gasteiger partial charge in [-0.3, -0.25) is 96.0 Å². The van der Waals surface area contributed by atoms with Gasteiger partial charge in [0.2, 0.25) is 53.2 Å². The maximum atomic E-state index is 14.2. The van der Waals surface area contributed by atoms with Gasteiger partial charge < -0.3 is 76.5 Å². The van der Waals surface area contributed by atoms with Gasteiger partial charge in [-0.2, -0.15) is 11.8 Å². The number of carbonyl (C=O) groups is 19. The summed E-state index contributed by atoms with van der Waals surface area (Å²) in [7, 11) is 2.94. The zero-order valence-electron chi connectivity index (χ0n) is 59.7. The number of aliphatic carboxylic acids is 5. The molecule has 0 saturated carbocycles. The van der Waals surface area contributed by atoms with Crippen LogP contribution in [0.5, 0.6) is 0 Å². The molecule has 2 fully saturated rings. The van der Waals surface area contributed by atoms with Crippen molar-refractivity contribution in [3.63, 3.8) is 0 Å². The molecule has 1 unspecified atom stereocenters. The molecular weight excluding hydrogens is 1410 g/mol. The van der Waals surface area contributed by atoms with Gasteiger partial charge in [0, 0.05) is 147 Å². The highest BCUT2D eigenvalue weighted by Crippen LogP contribution is 2.27. The second-order valence-corrected chi connectivity index (χ2v) is 27.9. The van der Waals surface area contributed by atoms with E-state index in [1.165, 1.54) is 42.6 Å². The number of nitrogens with zero attached hydrogens (tertiary/aromatic N) is 2. The van der Waals surface area contributed by atoms with Gasteiger partial charge in [-0.1, -0.05) is 20.8 Å². The number of rotatable bonds is 58. The van der Waals surface area contributed by atoms with Crippen LogP contribution in [0.4, 0.5) is 0 Å². The second-order valence-electron chi connectivity index (χ2n) is 25.7. The number of imide groups is 1. The summed E-state index contributed by atoms with van der Waals surface area (Å²) in [5.41, 5.74) is 0. The van der Waals surface area contributed by atoms with Gasteiger partial charge in [-0.25, -0.2) is 0 Å². The second kappa shape index (κ2) is 49.4. The molecule has 0 aliphatic carbocycles. The summed E-state index contributed by atoms with van der Waals surface area (Å²) >= 11 is 2.48. The lowest BCUT2D eigenvalue weighted by atomic mass is 9.89. The van der Waals surface area contributed by atoms with Crippen LogP contribution in [-0.4, -0.2) is 267 Å². The van der Waals surface area contributed by atoms with E-state index in [1.807, 2.05) is 13.8 Å². The Bertz CT molecular complexity index is 3020. The quantitative estimate of drug-likeness (QED) is 0.0287. The lowest BCUT2D eigenvalue weighted by Gasteiger charge is -2.27. The van der Waals surface area contributed by atoms with Gasteiger partial charge >= 0.3 is 29.8 Å². The molecule has 2 aliphatic heterocycles. The Labute approximate surface area is 610 Å². The molecule has 584 valence electrons. The van der Waals surface area contributed by atoms with Crippen molar-refractivity contribution in [2.24, 2.45) is 23.7 Å². The zero-order valence-corrected chi connectivity index (χ0v) is 61.3. The SMILES string of the molecule is CNC(=O)[C@H](C)CC(=O)[C@H](CSC)NC(=O)CCC(=O)[C@H](CC(C)C)NC(=O)[C@@H]1CCCN1C(=O)COCCCC(=O)[C@@H](CCC(=O)O)NC(=O)[C@@H](CCC(=O)O)CC(=O)[C@@H](CCC(=O)O)NC(=O)[C@@H](CCC(=O)O)CC(=O)[C@@H](CCC(=O)O)NC(=O)CCN1C(=O)CC(SCCOCCOC)C1=O. The molecule has 0 aromatic carbocycles. The predicted molar refractivity (Wildman–Crippen MR) is 370 cm³/mol. The highest BCUT2D eigenvalue weighted by molar-refractivity contribution is 8.00. The third kappa shape index (κ3) is 35.9. The Morgan fingerprint density at radius 2 is 1.04 bits per heavy atom. The van der Waals surface area contributed by atoms with Crippen molar-refractivity contribution in [3.8, 4) is 0 Å². The summed E-state index contributed by atoms with van der Waals surface area (Å²) in [5.74, 6) is -20.8. The number of methoxy groups -OCH3 is 1. The maximum Gasteiger partial charge on any atom is 0.303 e. The number of amides is 9. The molecule has 9 amide bonds. The Morgan fingerprint density at radius 1 is 0.538 bits per heavy atom. The fraction of sp³-hybridized carbons (Fsp3) is 0.716. The average Bonchev–Trinajstić information content (AvgIpc) is 1.58. The monoisotopic (exact) mass is 1510 g/mol. The Balaban J connectivity index is 2.20. The van der Waals surface area contributed by atoms with Crippen molar-refractivity contribution in [2.45, 2.75) is 204 Å². The molecular formula is C67H102N8O27S2. The Morgan fingerprint density at radius 3 is 1.56 bits per heavy atom. The van der Waals surface area contributed by atoms with Crippen molar-refractivity contribution in [3.05, 3.63) is 0 Å². The molecule has 0 aromatic heterocycles. The van der Waals surface area contributed by atoms with Crippen LogP contribution in [-0.2, 0) is 105 Å². The van der Waals surface area contributed by atoms with E-state index in [0.717, 1.165) is 4.90 Å². The smallest absolute Gasteiger partial charge is 0.303 e. The van der Waals surface area contributed by atoms with E-state index >= 15 is 0 Å². The number of likely N-dealkylation sites (tertiary alicyclic amines) is 2. The molecule has 37 heteroatoms. The highest BCUT2D eigenvalue weighted by atomic mass is 32.2. The molecule has 35 nitrogen and oxygen atoms in total. The average molecular weight is 1520 g/mol. The van der Waals surface area contributed by atoms with Crippen LogP contribution in [0.15, 0.2) is 0 Å². The minimum Gasteiger partial charge on any atom is -0.481 e. The van der Waals surface area contributed by atoms with Crippen molar-refractivity contribution in [2.75, 3.05) is 78.0 Å². The van der Waals surface area contributed by atoms with E-state index in [0.29, 0.717) is 25.4 Å². The number of nitrogens with one attached hydrogen (secondary N) is 6. The lowest BCUT2D eigenvalue weighted by molar-refractivity contribution is -0.142. The highest BCUT2D eigenvalue weighted by Gasteiger charge is 2.41. The van der Waals surface area contributed by atoms with Crippen LogP contribution in [0.25, 0.3) is 0 Å². The number of carboxylic acid groups (broad SMARTS) is 5. The van der Waals surface area contributed by atoms with Gasteiger partial charge in [0.1, 0.15) is 12.6 Å². The molecule has 0 radical (unpaired) electrons. The number of carboxylic acids is 5. The number of hydrogen-bond acceptors (Lipinski definition) is 24. The summed E-state index contributed by atoms with van der Waals surface area (Å²) < 4.78 is 15.9. The Kier molecular flexibility index (Phi) is 43.6. The lowest BCUT2D eigenvalue weighted by Crippen LogP contribution is -2.52. The van der Waals surface area contributed by atoms with Gasteiger partial charge in [-0.15, -0.1) is 11.8 Å². The molecule has 0 spiro atoms. The van der Waals surface area contributed by atoms with Crippen molar-refractivity contribution in [1.29, 1.82) is 0 Å².